The summed E-state index contributed by atoms with van der Waals surface area (Å²) in [5.74, 6) is 0.961. The van der Waals surface area contributed by atoms with Gasteiger partial charge in [0.2, 0.25) is 0 Å². The highest BCUT2D eigenvalue weighted by atomic mass is 16.5. The number of likely N-dealkylation sites (N-methyl/N-ethyl adjacent to an activating group) is 1. The largest absolute Gasteiger partial charge is 0.492 e. The predicted octanol–water partition coefficient (Wildman–Crippen LogP) is 1.94. The van der Waals surface area contributed by atoms with Crippen molar-refractivity contribution < 1.29 is 9.47 Å². The zero-order valence-corrected chi connectivity index (χ0v) is 13.3. The van der Waals surface area contributed by atoms with Crippen molar-refractivity contribution in [1.29, 1.82) is 0 Å². The van der Waals surface area contributed by atoms with Crippen LogP contribution in [-0.4, -0.2) is 56.9 Å². The van der Waals surface area contributed by atoms with Crippen LogP contribution in [0.5, 0.6) is 5.75 Å². The Morgan fingerprint density at radius 1 is 1.24 bits per heavy atom. The van der Waals surface area contributed by atoms with Crippen LogP contribution in [0, 0.1) is 0 Å². The number of hydrogen-bond donors (Lipinski definition) is 1. The van der Waals surface area contributed by atoms with Gasteiger partial charge in [0.15, 0.2) is 0 Å². The maximum Gasteiger partial charge on any atom is 0.119 e. The van der Waals surface area contributed by atoms with Gasteiger partial charge in [0, 0.05) is 25.7 Å². The van der Waals surface area contributed by atoms with E-state index in [4.69, 9.17) is 9.47 Å². The molecule has 0 bridgehead atoms. The van der Waals surface area contributed by atoms with Crippen molar-refractivity contribution in [1.82, 2.24) is 10.2 Å². The average Bonchev–Trinajstić information content (AvgIpc) is 2.50. The van der Waals surface area contributed by atoms with Crippen molar-refractivity contribution in [2.45, 2.75) is 26.3 Å². The molecule has 4 nitrogen and oxygen atoms in total. The third-order valence-electron chi connectivity index (χ3n) is 3.80. The Labute approximate surface area is 128 Å². The van der Waals surface area contributed by atoms with Crippen LogP contribution in [0.4, 0.5) is 0 Å². The smallest absolute Gasteiger partial charge is 0.119 e. The van der Waals surface area contributed by atoms with Crippen molar-refractivity contribution in [2.24, 2.45) is 0 Å². The lowest BCUT2D eigenvalue weighted by Crippen LogP contribution is -2.38. The number of benzene rings is 1. The van der Waals surface area contributed by atoms with Gasteiger partial charge in [0.1, 0.15) is 12.4 Å². The molecule has 1 aliphatic heterocycles. The van der Waals surface area contributed by atoms with Gasteiger partial charge in [-0.1, -0.05) is 19.1 Å². The van der Waals surface area contributed by atoms with Crippen LogP contribution in [0.25, 0.3) is 0 Å². The molecule has 1 aromatic rings. The number of ether oxygens (including phenoxy) is 2. The number of morpholine rings is 1. The summed E-state index contributed by atoms with van der Waals surface area (Å²) in [6.07, 6.45) is 1.06. The second kappa shape index (κ2) is 9.03. The first-order valence-electron chi connectivity index (χ1n) is 8.03. The van der Waals surface area contributed by atoms with Crippen molar-refractivity contribution >= 4 is 0 Å². The standard InChI is InChI=1S/C17H28N2O2/c1-3-18-15(2)14-16-4-6-17(7-5-16)21-13-10-19-8-11-20-12-9-19/h4-7,15,18H,3,8-14H2,1-2H3. The molecule has 0 aliphatic carbocycles. The molecule has 0 saturated carbocycles. The molecule has 0 radical (unpaired) electrons. The summed E-state index contributed by atoms with van der Waals surface area (Å²) >= 11 is 0. The van der Waals surface area contributed by atoms with Gasteiger partial charge in [-0.2, -0.15) is 0 Å². The Morgan fingerprint density at radius 3 is 2.62 bits per heavy atom. The zero-order valence-electron chi connectivity index (χ0n) is 13.3. The quantitative estimate of drug-likeness (QED) is 0.794. The second-order valence-electron chi connectivity index (χ2n) is 5.61. The van der Waals surface area contributed by atoms with E-state index in [1.54, 1.807) is 0 Å². The summed E-state index contributed by atoms with van der Waals surface area (Å²) in [7, 11) is 0. The van der Waals surface area contributed by atoms with E-state index in [1.165, 1.54) is 5.56 Å². The first-order chi connectivity index (χ1) is 10.3. The highest BCUT2D eigenvalue weighted by molar-refractivity contribution is 5.27. The SMILES string of the molecule is CCNC(C)Cc1ccc(OCCN2CCOCC2)cc1. The van der Waals surface area contributed by atoms with E-state index in [1.807, 2.05) is 0 Å². The van der Waals surface area contributed by atoms with Crippen LogP contribution in [0.15, 0.2) is 24.3 Å². The third kappa shape index (κ3) is 6.04. The van der Waals surface area contributed by atoms with Crippen LogP contribution in [0.3, 0.4) is 0 Å². The van der Waals surface area contributed by atoms with Crippen molar-refractivity contribution in [3.63, 3.8) is 0 Å². The molecule has 1 heterocycles. The highest BCUT2D eigenvalue weighted by Gasteiger charge is 2.09. The molecule has 4 heteroatoms. The molecule has 118 valence electrons. The molecule has 0 spiro atoms. The molecule has 1 aromatic carbocycles. The van der Waals surface area contributed by atoms with Gasteiger partial charge in [-0.15, -0.1) is 0 Å². The van der Waals surface area contributed by atoms with Crippen LogP contribution in [0.1, 0.15) is 19.4 Å². The lowest BCUT2D eigenvalue weighted by molar-refractivity contribution is 0.0322. The van der Waals surface area contributed by atoms with E-state index < -0.39 is 0 Å². The van der Waals surface area contributed by atoms with Crippen molar-refractivity contribution in [3.8, 4) is 5.75 Å². The summed E-state index contributed by atoms with van der Waals surface area (Å²) in [5.41, 5.74) is 1.35. The Bertz CT molecular complexity index is 388. The molecule has 1 fully saturated rings. The molecule has 2 rings (SSSR count). The monoisotopic (exact) mass is 292 g/mol. The fourth-order valence-corrected chi connectivity index (χ4v) is 2.61. The lowest BCUT2D eigenvalue weighted by atomic mass is 10.1. The first kappa shape index (κ1) is 16.3. The molecule has 1 saturated heterocycles. The zero-order chi connectivity index (χ0) is 14.9. The summed E-state index contributed by atoms with van der Waals surface area (Å²) in [4.78, 5) is 2.38. The number of rotatable bonds is 8. The van der Waals surface area contributed by atoms with Gasteiger partial charge in [-0.05, 0) is 37.6 Å². The minimum Gasteiger partial charge on any atom is -0.492 e. The van der Waals surface area contributed by atoms with Crippen molar-refractivity contribution in [3.05, 3.63) is 29.8 Å². The predicted molar refractivity (Wildman–Crippen MR) is 86.0 cm³/mol. The van der Waals surface area contributed by atoms with E-state index in [0.29, 0.717) is 6.04 Å². The molecule has 1 aliphatic rings. The van der Waals surface area contributed by atoms with E-state index in [0.717, 1.165) is 58.2 Å². The molecule has 0 aromatic heterocycles. The minimum atomic E-state index is 0.517. The molecule has 1 atom stereocenters. The first-order valence-corrected chi connectivity index (χ1v) is 8.03. The Kier molecular flexibility index (Phi) is 7.00. The Balaban J connectivity index is 1.69. The van der Waals surface area contributed by atoms with Crippen LogP contribution >= 0.6 is 0 Å². The van der Waals surface area contributed by atoms with Crippen LogP contribution in [0.2, 0.25) is 0 Å². The van der Waals surface area contributed by atoms with E-state index >= 15 is 0 Å². The molecular formula is C17H28N2O2. The maximum atomic E-state index is 5.82. The second-order valence-corrected chi connectivity index (χ2v) is 5.61. The van der Waals surface area contributed by atoms with E-state index in [-0.39, 0.29) is 0 Å². The van der Waals surface area contributed by atoms with Gasteiger partial charge < -0.3 is 14.8 Å². The average molecular weight is 292 g/mol. The number of hydrogen-bond acceptors (Lipinski definition) is 4. The molecule has 21 heavy (non-hydrogen) atoms. The molecule has 1 unspecified atom stereocenters. The summed E-state index contributed by atoms with van der Waals surface area (Å²) in [6, 6.07) is 9.00. The van der Waals surface area contributed by atoms with Crippen LogP contribution < -0.4 is 10.1 Å². The van der Waals surface area contributed by atoms with Gasteiger partial charge in [-0.25, -0.2) is 0 Å². The topological polar surface area (TPSA) is 33.7 Å². The van der Waals surface area contributed by atoms with Gasteiger partial charge >= 0.3 is 0 Å². The molecular weight excluding hydrogens is 264 g/mol. The van der Waals surface area contributed by atoms with E-state index in [2.05, 4.69) is 48.3 Å². The lowest BCUT2D eigenvalue weighted by Gasteiger charge is -2.26. The number of nitrogens with zero attached hydrogens (tertiary/aromatic N) is 1. The Hall–Kier alpha value is -1.10. The fourth-order valence-electron chi connectivity index (χ4n) is 2.61. The van der Waals surface area contributed by atoms with E-state index in [9.17, 15) is 0 Å². The Morgan fingerprint density at radius 2 is 1.95 bits per heavy atom. The highest BCUT2D eigenvalue weighted by Crippen LogP contribution is 2.13. The van der Waals surface area contributed by atoms with Gasteiger partial charge in [0.25, 0.3) is 0 Å². The normalized spacial score (nSPS) is 17.6. The molecule has 1 N–H and O–H groups in total. The van der Waals surface area contributed by atoms with Gasteiger partial charge in [-0.3, -0.25) is 4.90 Å². The third-order valence-corrected chi connectivity index (χ3v) is 3.80. The van der Waals surface area contributed by atoms with Gasteiger partial charge in [0.05, 0.1) is 13.2 Å². The number of nitrogens with one attached hydrogen (secondary N) is 1. The summed E-state index contributed by atoms with van der Waals surface area (Å²) in [5, 5.41) is 3.43. The molecule has 0 amide bonds. The fraction of sp³-hybridized carbons (Fsp3) is 0.647. The maximum absolute atomic E-state index is 5.82. The summed E-state index contributed by atoms with van der Waals surface area (Å²) < 4.78 is 11.2. The van der Waals surface area contributed by atoms with Crippen molar-refractivity contribution in [2.75, 3.05) is 46.0 Å². The minimum absolute atomic E-state index is 0.517. The van der Waals surface area contributed by atoms with Crippen LogP contribution in [-0.2, 0) is 11.2 Å². The summed E-state index contributed by atoms with van der Waals surface area (Å²) in [6.45, 7) is 10.8.